The van der Waals surface area contributed by atoms with Crippen molar-refractivity contribution >= 4 is 11.9 Å². The third-order valence-corrected chi connectivity index (χ3v) is 8.95. The van der Waals surface area contributed by atoms with Crippen LogP contribution in [0, 0.1) is 6.92 Å². The molecule has 5 rings (SSSR count). The van der Waals surface area contributed by atoms with Crippen LogP contribution in [0.5, 0.6) is 0 Å². The Balaban J connectivity index is 1.56. The maximum Gasteiger partial charge on any atom is 0.338 e. The van der Waals surface area contributed by atoms with E-state index in [4.69, 9.17) is 9.47 Å². The van der Waals surface area contributed by atoms with Gasteiger partial charge in [-0.25, -0.2) is 9.59 Å². The molecule has 0 radical (unpaired) electrons. The Bertz CT molecular complexity index is 1630. The molecule has 228 valence electrons. The van der Waals surface area contributed by atoms with Gasteiger partial charge in [-0.3, -0.25) is 0 Å². The van der Waals surface area contributed by atoms with Gasteiger partial charge in [-0.2, -0.15) is 0 Å². The topological polar surface area (TPSA) is 52.6 Å². The molecule has 0 amide bonds. The molecular weight excluding hydrogens is 544 g/mol. The molecule has 0 saturated carbocycles. The van der Waals surface area contributed by atoms with Gasteiger partial charge in [-0.1, -0.05) is 121 Å². The van der Waals surface area contributed by atoms with Gasteiger partial charge < -0.3 is 9.47 Å². The van der Waals surface area contributed by atoms with Gasteiger partial charge >= 0.3 is 11.9 Å². The van der Waals surface area contributed by atoms with Gasteiger partial charge in [0.15, 0.2) is 6.10 Å². The van der Waals surface area contributed by atoms with E-state index < -0.39 is 24.1 Å². The zero-order valence-electron chi connectivity index (χ0n) is 27.2. The van der Waals surface area contributed by atoms with Gasteiger partial charge in [0.1, 0.15) is 6.10 Å². The van der Waals surface area contributed by atoms with Crippen molar-refractivity contribution in [2.24, 2.45) is 0 Å². The molecule has 4 aromatic carbocycles. The van der Waals surface area contributed by atoms with Crippen LogP contribution in [-0.2, 0) is 20.3 Å². The monoisotopic (exact) mass is 588 g/mol. The second-order valence-corrected chi connectivity index (χ2v) is 14.1. The van der Waals surface area contributed by atoms with Crippen molar-refractivity contribution in [3.63, 3.8) is 0 Å². The fourth-order valence-corrected chi connectivity index (χ4v) is 6.22. The minimum absolute atomic E-state index is 0.0326. The first-order chi connectivity index (χ1) is 20.8. The van der Waals surface area contributed by atoms with E-state index in [1.54, 1.807) is 0 Å². The summed E-state index contributed by atoms with van der Waals surface area (Å²) in [6.07, 6.45) is -1.45. The van der Waals surface area contributed by atoms with Crippen LogP contribution >= 0.6 is 0 Å². The second kappa shape index (κ2) is 12.1. The summed E-state index contributed by atoms with van der Waals surface area (Å²) in [6.45, 7) is 17.0. The van der Waals surface area contributed by atoms with Crippen molar-refractivity contribution in [2.45, 2.75) is 90.3 Å². The summed E-state index contributed by atoms with van der Waals surface area (Å²) in [7, 11) is 0. The molecule has 0 heterocycles. The van der Waals surface area contributed by atoms with E-state index in [1.807, 2.05) is 79.7 Å². The normalized spacial score (nSPS) is 20.0. The van der Waals surface area contributed by atoms with Crippen molar-refractivity contribution in [3.05, 3.63) is 142 Å². The highest BCUT2D eigenvalue weighted by molar-refractivity contribution is 5.90. The van der Waals surface area contributed by atoms with E-state index in [0.717, 1.165) is 33.4 Å². The van der Waals surface area contributed by atoms with Gasteiger partial charge in [0, 0.05) is 5.92 Å². The molecule has 44 heavy (non-hydrogen) atoms. The number of hydrogen-bond donors (Lipinski definition) is 0. The molecular formula is C40H44O4. The molecule has 0 fully saturated rings. The fourth-order valence-electron chi connectivity index (χ4n) is 6.22. The molecule has 0 bridgehead atoms. The van der Waals surface area contributed by atoms with E-state index in [2.05, 4.69) is 72.7 Å². The maximum atomic E-state index is 13.8. The number of aryl methyl sites for hydroxylation is 1. The molecule has 0 aliphatic heterocycles. The molecule has 1 aliphatic rings. The lowest BCUT2D eigenvalue weighted by atomic mass is 9.70. The first-order valence-electron chi connectivity index (χ1n) is 15.5. The lowest BCUT2D eigenvalue weighted by Gasteiger charge is -2.42. The smallest absolute Gasteiger partial charge is 0.338 e. The van der Waals surface area contributed by atoms with Crippen LogP contribution < -0.4 is 0 Å². The third-order valence-electron chi connectivity index (χ3n) is 8.95. The van der Waals surface area contributed by atoms with E-state index >= 15 is 0 Å². The minimum Gasteiger partial charge on any atom is -0.454 e. The summed E-state index contributed by atoms with van der Waals surface area (Å²) in [5.74, 6) is -1.38. The van der Waals surface area contributed by atoms with E-state index in [-0.39, 0.29) is 22.7 Å². The third kappa shape index (κ3) is 6.36. The molecule has 1 aliphatic carbocycles. The second-order valence-electron chi connectivity index (χ2n) is 14.1. The average Bonchev–Trinajstić information content (AvgIpc) is 2.99. The van der Waals surface area contributed by atoms with Gasteiger partial charge in [-0.15, -0.1) is 0 Å². The molecule has 4 aromatic rings. The summed E-state index contributed by atoms with van der Waals surface area (Å²) < 4.78 is 12.8. The molecule has 2 unspecified atom stereocenters. The molecule has 4 atom stereocenters. The van der Waals surface area contributed by atoms with Crippen LogP contribution in [0.4, 0.5) is 0 Å². The largest absolute Gasteiger partial charge is 0.454 e. The Hall–Kier alpha value is -4.18. The Morgan fingerprint density at radius 2 is 0.955 bits per heavy atom. The van der Waals surface area contributed by atoms with Gasteiger partial charge in [0.2, 0.25) is 0 Å². The van der Waals surface area contributed by atoms with E-state index in [1.165, 1.54) is 0 Å². The molecule has 0 spiro atoms. The van der Waals surface area contributed by atoms with Crippen LogP contribution in [-0.4, -0.2) is 24.1 Å². The number of carbonyl (C=O) groups is 2. The van der Waals surface area contributed by atoms with E-state index in [9.17, 15) is 9.59 Å². The molecule has 0 N–H and O–H groups in total. The molecule has 4 nitrogen and oxygen atoms in total. The SMILES string of the molecule is Cc1ccccc1[C@H]1c2ccccc2[C@H](C)C(OC(=O)c2ccc(C(C)(C)C)cc2)C1OC(=O)c1ccc(C(C)(C)C)cc1. The summed E-state index contributed by atoms with van der Waals surface area (Å²) >= 11 is 0. The highest BCUT2D eigenvalue weighted by atomic mass is 16.6. The first-order valence-corrected chi connectivity index (χ1v) is 15.5. The Morgan fingerprint density at radius 1 is 0.545 bits per heavy atom. The molecule has 0 aromatic heterocycles. The number of esters is 2. The summed E-state index contributed by atoms with van der Waals surface area (Å²) in [6, 6.07) is 31.6. The Morgan fingerprint density at radius 3 is 1.41 bits per heavy atom. The zero-order chi connectivity index (χ0) is 31.8. The van der Waals surface area contributed by atoms with Crippen LogP contribution in [0.1, 0.15) is 114 Å². The number of ether oxygens (including phenoxy) is 2. The number of fused-ring (bicyclic) bond motifs is 1. The van der Waals surface area contributed by atoms with Gasteiger partial charge in [0.05, 0.1) is 17.0 Å². The minimum atomic E-state index is -0.742. The Labute approximate surface area is 262 Å². The predicted molar refractivity (Wildman–Crippen MR) is 177 cm³/mol. The highest BCUT2D eigenvalue weighted by Gasteiger charge is 2.47. The van der Waals surface area contributed by atoms with Gasteiger partial charge in [-0.05, 0) is 75.4 Å². The summed E-state index contributed by atoms with van der Waals surface area (Å²) in [5, 5.41) is 0. The standard InChI is InChI=1S/C40H44O4/c1-25-13-9-10-14-31(25)34-33-16-12-11-15-32(33)26(2)35(43-37(41)27-17-21-29(22-18-27)39(3,4)5)36(34)44-38(42)28-19-23-30(24-20-28)40(6,7)8/h9-24,26,34-36H,1-8H3/t26-,34-,35?,36?/m0/s1. The van der Waals surface area contributed by atoms with Gasteiger partial charge in [0.25, 0.3) is 0 Å². The molecule has 0 saturated heterocycles. The number of rotatable bonds is 5. The first kappa shape index (κ1) is 31.3. The van der Waals surface area contributed by atoms with Crippen molar-refractivity contribution in [1.29, 1.82) is 0 Å². The van der Waals surface area contributed by atoms with Crippen LogP contribution in [0.25, 0.3) is 0 Å². The lowest BCUT2D eigenvalue weighted by Crippen LogP contribution is -2.46. The Kier molecular flexibility index (Phi) is 8.57. The summed E-state index contributed by atoms with van der Waals surface area (Å²) in [5.41, 5.74) is 7.44. The van der Waals surface area contributed by atoms with E-state index in [0.29, 0.717) is 11.1 Å². The lowest BCUT2D eigenvalue weighted by molar-refractivity contribution is -0.0532. The van der Waals surface area contributed by atoms with Crippen molar-refractivity contribution in [1.82, 2.24) is 0 Å². The van der Waals surface area contributed by atoms with Crippen molar-refractivity contribution in [3.8, 4) is 0 Å². The van der Waals surface area contributed by atoms with Crippen molar-refractivity contribution in [2.75, 3.05) is 0 Å². The maximum absolute atomic E-state index is 13.8. The molecule has 4 heteroatoms. The highest BCUT2D eigenvalue weighted by Crippen LogP contribution is 2.46. The quantitative estimate of drug-likeness (QED) is 0.218. The van der Waals surface area contributed by atoms with Crippen molar-refractivity contribution < 1.29 is 19.1 Å². The van der Waals surface area contributed by atoms with Crippen LogP contribution in [0.3, 0.4) is 0 Å². The summed E-state index contributed by atoms with van der Waals surface area (Å²) in [4.78, 5) is 27.5. The number of carbonyl (C=O) groups excluding carboxylic acids is 2. The van der Waals surface area contributed by atoms with Crippen LogP contribution in [0.2, 0.25) is 0 Å². The zero-order valence-corrected chi connectivity index (χ0v) is 27.2. The van der Waals surface area contributed by atoms with Crippen LogP contribution in [0.15, 0.2) is 97.1 Å². The average molecular weight is 589 g/mol. The predicted octanol–water partition coefficient (Wildman–Crippen LogP) is 9.29. The number of benzene rings is 4. The fraction of sp³-hybridized carbons (Fsp3) is 0.350. The number of hydrogen-bond acceptors (Lipinski definition) is 4.